The largest absolute Gasteiger partial charge is 0.390 e. The number of hydrogen-bond donors (Lipinski definition) is 1. The Bertz CT molecular complexity index is 310. The molecule has 0 bridgehead atoms. The molecule has 0 aromatic carbocycles. The van der Waals surface area contributed by atoms with Crippen molar-refractivity contribution in [1.29, 1.82) is 0 Å². The van der Waals surface area contributed by atoms with Crippen LogP contribution < -0.4 is 0 Å². The topological polar surface area (TPSA) is 20.2 Å². The molecule has 1 aromatic rings. The van der Waals surface area contributed by atoms with Crippen molar-refractivity contribution in [3.63, 3.8) is 0 Å². The molecule has 1 saturated carbocycles. The zero-order valence-corrected chi connectivity index (χ0v) is 11.6. The number of aryl methyl sites for hydroxylation is 1. The maximum absolute atomic E-state index is 10.6. The monoisotopic (exact) mass is 252 g/mol. The van der Waals surface area contributed by atoms with Crippen LogP contribution in [0.2, 0.25) is 0 Å². The lowest BCUT2D eigenvalue weighted by Crippen LogP contribution is -2.34. The third-order valence-electron chi connectivity index (χ3n) is 4.19. The van der Waals surface area contributed by atoms with E-state index in [1.807, 2.05) is 0 Å². The lowest BCUT2D eigenvalue weighted by atomic mass is 9.75. The van der Waals surface area contributed by atoms with E-state index in [0.29, 0.717) is 0 Å². The first-order chi connectivity index (χ1) is 8.22. The predicted molar refractivity (Wildman–Crippen MR) is 74.5 cm³/mol. The van der Waals surface area contributed by atoms with Crippen LogP contribution in [-0.4, -0.2) is 10.7 Å². The van der Waals surface area contributed by atoms with Gasteiger partial charge in [-0.15, -0.1) is 0 Å². The van der Waals surface area contributed by atoms with Crippen LogP contribution in [0, 0.1) is 5.92 Å². The van der Waals surface area contributed by atoms with E-state index in [-0.39, 0.29) is 5.60 Å². The van der Waals surface area contributed by atoms with Crippen molar-refractivity contribution >= 4 is 11.3 Å². The molecule has 1 aliphatic carbocycles. The second-order valence-electron chi connectivity index (χ2n) is 5.59. The Morgan fingerprint density at radius 2 is 2.18 bits per heavy atom. The molecular formula is C15H24OS. The fraction of sp³-hybridized carbons (Fsp3) is 0.733. The second-order valence-corrected chi connectivity index (χ2v) is 6.37. The first-order valence-electron chi connectivity index (χ1n) is 6.95. The van der Waals surface area contributed by atoms with E-state index in [2.05, 4.69) is 23.8 Å². The van der Waals surface area contributed by atoms with Gasteiger partial charge in [-0.05, 0) is 66.8 Å². The van der Waals surface area contributed by atoms with Gasteiger partial charge in [-0.2, -0.15) is 11.3 Å². The van der Waals surface area contributed by atoms with E-state index in [9.17, 15) is 5.11 Å². The molecular weight excluding hydrogens is 228 g/mol. The van der Waals surface area contributed by atoms with E-state index in [4.69, 9.17) is 0 Å². The van der Waals surface area contributed by atoms with Crippen LogP contribution in [0.5, 0.6) is 0 Å². The molecule has 0 radical (unpaired) electrons. The van der Waals surface area contributed by atoms with Crippen molar-refractivity contribution in [3.05, 3.63) is 22.4 Å². The highest BCUT2D eigenvalue weighted by molar-refractivity contribution is 7.07. The van der Waals surface area contributed by atoms with Gasteiger partial charge in [-0.1, -0.05) is 19.8 Å². The summed E-state index contributed by atoms with van der Waals surface area (Å²) in [5.41, 5.74) is 1.02. The average Bonchev–Trinajstić information content (AvgIpc) is 2.84. The van der Waals surface area contributed by atoms with Crippen LogP contribution in [0.4, 0.5) is 0 Å². The number of hydrogen-bond acceptors (Lipinski definition) is 2. The first kappa shape index (κ1) is 13.1. The van der Waals surface area contributed by atoms with E-state index in [0.717, 1.165) is 31.6 Å². The molecule has 17 heavy (non-hydrogen) atoms. The lowest BCUT2D eigenvalue weighted by Gasteiger charge is -2.36. The Morgan fingerprint density at radius 1 is 1.41 bits per heavy atom. The van der Waals surface area contributed by atoms with Gasteiger partial charge in [0.25, 0.3) is 0 Å². The zero-order valence-electron chi connectivity index (χ0n) is 10.8. The van der Waals surface area contributed by atoms with E-state index >= 15 is 0 Å². The highest BCUT2D eigenvalue weighted by Crippen LogP contribution is 2.37. The van der Waals surface area contributed by atoms with Crippen LogP contribution in [0.15, 0.2) is 16.8 Å². The van der Waals surface area contributed by atoms with Gasteiger partial charge >= 0.3 is 0 Å². The molecule has 1 aromatic heterocycles. The third kappa shape index (κ3) is 3.82. The number of thiophene rings is 1. The Balaban J connectivity index is 1.77. The Hall–Kier alpha value is -0.340. The van der Waals surface area contributed by atoms with E-state index in [1.165, 1.54) is 31.2 Å². The fourth-order valence-electron chi connectivity index (χ4n) is 2.97. The summed E-state index contributed by atoms with van der Waals surface area (Å²) in [6.45, 7) is 2.26. The first-order valence-corrected chi connectivity index (χ1v) is 7.89. The Labute approximate surface area is 109 Å². The maximum atomic E-state index is 10.6. The summed E-state index contributed by atoms with van der Waals surface area (Å²) in [5.74, 6) is 0.876. The quantitative estimate of drug-likeness (QED) is 0.823. The summed E-state index contributed by atoms with van der Waals surface area (Å²) in [4.78, 5) is 0. The van der Waals surface area contributed by atoms with Gasteiger partial charge in [0.15, 0.2) is 0 Å². The smallest absolute Gasteiger partial charge is 0.0651 e. The normalized spacial score (nSPS) is 29.4. The van der Waals surface area contributed by atoms with Crippen molar-refractivity contribution in [2.45, 2.75) is 63.9 Å². The highest BCUT2D eigenvalue weighted by atomic mass is 32.1. The molecule has 96 valence electrons. The van der Waals surface area contributed by atoms with Crippen LogP contribution >= 0.6 is 11.3 Å². The Kier molecular flexibility index (Phi) is 4.63. The summed E-state index contributed by atoms with van der Waals surface area (Å²) in [6, 6.07) is 2.18. The third-order valence-corrected chi connectivity index (χ3v) is 4.92. The minimum atomic E-state index is -0.369. The summed E-state index contributed by atoms with van der Waals surface area (Å²) in [7, 11) is 0. The molecule has 0 unspecified atom stereocenters. The summed E-state index contributed by atoms with van der Waals surface area (Å²) in [6.07, 6.45) is 9.12. The predicted octanol–water partition coefficient (Wildman–Crippen LogP) is 4.40. The second kappa shape index (κ2) is 6.01. The van der Waals surface area contributed by atoms with Crippen molar-refractivity contribution < 1.29 is 5.11 Å². The fourth-order valence-corrected chi connectivity index (χ4v) is 3.68. The molecule has 0 amide bonds. The van der Waals surface area contributed by atoms with Crippen molar-refractivity contribution in [2.75, 3.05) is 0 Å². The molecule has 0 atom stereocenters. The van der Waals surface area contributed by atoms with Gasteiger partial charge in [0.2, 0.25) is 0 Å². The summed E-state index contributed by atoms with van der Waals surface area (Å²) in [5, 5.41) is 14.9. The standard InChI is InChI=1S/C15H24OS/c1-2-3-13-4-8-15(16,9-5-13)10-6-14-7-11-17-12-14/h7,11-13,16H,2-6,8-10H2,1H3. The maximum Gasteiger partial charge on any atom is 0.0651 e. The van der Waals surface area contributed by atoms with Gasteiger partial charge in [0.05, 0.1) is 5.60 Å². The SMILES string of the molecule is CCCC1CCC(O)(CCc2ccsc2)CC1. The van der Waals surface area contributed by atoms with Crippen LogP contribution in [0.25, 0.3) is 0 Å². The minimum Gasteiger partial charge on any atom is -0.390 e. The van der Waals surface area contributed by atoms with Crippen LogP contribution in [0.3, 0.4) is 0 Å². The van der Waals surface area contributed by atoms with Crippen molar-refractivity contribution in [1.82, 2.24) is 0 Å². The van der Waals surface area contributed by atoms with E-state index in [1.54, 1.807) is 11.3 Å². The van der Waals surface area contributed by atoms with Crippen molar-refractivity contribution in [3.8, 4) is 0 Å². The van der Waals surface area contributed by atoms with Gasteiger partial charge in [0, 0.05) is 0 Å². The molecule has 1 nitrogen and oxygen atoms in total. The molecule has 0 saturated heterocycles. The number of aliphatic hydroxyl groups is 1. The molecule has 1 aliphatic rings. The Morgan fingerprint density at radius 3 is 2.76 bits per heavy atom. The molecule has 1 heterocycles. The summed E-state index contributed by atoms with van der Waals surface area (Å²) < 4.78 is 0. The van der Waals surface area contributed by atoms with Gasteiger partial charge in [-0.25, -0.2) is 0 Å². The van der Waals surface area contributed by atoms with Gasteiger partial charge in [0.1, 0.15) is 0 Å². The van der Waals surface area contributed by atoms with Gasteiger partial charge in [-0.3, -0.25) is 0 Å². The van der Waals surface area contributed by atoms with Crippen LogP contribution in [-0.2, 0) is 6.42 Å². The molecule has 2 heteroatoms. The molecule has 0 spiro atoms. The average molecular weight is 252 g/mol. The molecule has 2 rings (SSSR count). The molecule has 0 aliphatic heterocycles. The van der Waals surface area contributed by atoms with Crippen LogP contribution in [0.1, 0.15) is 57.4 Å². The lowest BCUT2D eigenvalue weighted by molar-refractivity contribution is -0.0172. The van der Waals surface area contributed by atoms with Crippen molar-refractivity contribution in [2.24, 2.45) is 5.92 Å². The minimum absolute atomic E-state index is 0.369. The zero-order chi connectivity index (χ0) is 12.1. The number of rotatable bonds is 5. The molecule has 1 fully saturated rings. The van der Waals surface area contributed by atoms with Gasteiger partial charge < -0.3 is 5.11 Å². The summed E-state index contributed by atoms with van der Waals surface area (Å²) >= 11 is 1.75. The van der Waals surface area contributed by atoms with E-state index < -0.39 is 0 Å². The molecule has 1 N–H and O–H groups in total. The highest BCUT2D eigenvalue weighted by Gasteiger charge is 2.32.